The van der Waals surface area contributed by atoms with Gasteiger partial charge < -0.3 is 19.4 Å². The first kappa shape index (κ1) is 23.6. The van der Waals surface area contributed by atoms with Gasteiger partial charge in [0.25, 0.3) is 0 Å². The van der Waals surface area contributed by atoms with Crippen LogP contribution in [0.4, 0.5) is 0 Å². The summed E-state index contributed by atoms with van der Waals surface area (Å²) in [6.45, 7) is 3.23. The second kappa shape index (κ2) is 11.1. The first-order valence-corrected chi connectivity index (χ1v) is 11.7. The van der Waals surface area contributed by atoms with Crippen LogP contribution in [0.5, 0.6) is 11.5 Å². The number of halogens is 1. The molecule has 34 heavy (non-hydrogen) atoms. The van der Waals surface area contributed by atoms with Gasteiger partial charge in [0.2, 0.25) is 5.91 Å². The molecule has 1 atom stereocenters. The number of ether oxygens (including phenoxy) is 2. The summed E-state index contributed by atoms with van der Waals surface area (Å²) < 4.78 is 13.3. The fraction of sp³-hybridized carbons (Fsp3) is 0.259. The van der Waals surface area contributed by atoms with Crippen LogP contribution in [0, 0.1) is 0 Å². The number of hydrogen-bond acceptors (Lipinski definition) is 4. The van der Waals surface area contributed by atoms with Gasteiger partial charge in [-0.25, -0.2) is 4.98 Å². The van der Waals surface area contributed by atoms with Gasteiger partial charge in [-0.05, 0) is 55.3 Å². The Hall–Kier alpha value is -3.51. The number of hydrogen-bond donors (Lipinski definition) is 1. The Kier molecular flexibility index (Phi) is 7.70. The number of fused-ring (bicyclic) bond motifs is 1. The van der Waals surface area contributed by atoms with E-state index in [1.807, 2.05) is 61.5 Å². The number of imidazole rings is 1. The van der Waals surface area contributed by atoms with Crippen molar-refractivity contribution in [2.24, 2.45) is 0 Å². The molecule has 0 saturated heterocycles. The molecular formula is C27H28ClN3O3. The summed E-state index contributed by atoms with van der Waals surface area (Å²) in [6.07, 6.45) is 1.08. The summed E-state index contributed by atoms with van der Waals surface area (Å²) in [6, 6.07) is 22.7. The van der Waals surface area contributed by atoms with E-state index in [-0.39, 0.29) is 18.4 Å². The number of aryl methyl sites for hydroxylation is 1. The molecule has 0 spiro atoms. The van der Waals surface area contributed by atoms with Crippen molar-refractivity contribution in [1.29, 1.82) is 0 Å². The van der Waals surface area contributed by atoms with Crippen molar-refractivity contribution < 1.29 is 14.3 Å². The Balaban J connectivity index is 1.42. The summed E-state index contributed by atoms with van der Waals surface area (Å²) in [5, 5.41) is 3.74. The van der Waals surface area contributed by atoms with Gasteiger partial charge in [-0.2, -0.15) is 0 Å². The minimum absolute atomic E-state index is 0.0604. The third-order valence-corrected chi connectivity index (χ3v) is 5.81. The van der Waals surface area contributed by atoms with Crippen LogP contribution in [0.15, 0.2) is 72.8 Å². The maximum Gasteiger partial charge on any atom is 0.224 e. The molecule has 0 saturated carbocycles. The molecule has 6 nitrogen and oxygen atoms in total. The molecule has 0 aliphatic rings. The van der Waals surface area contributed by atoms with Crippen LogP contribution < -0.4 is 14.8 Å². The second-order valence-electron chi connectivity index (χ2n) is 8.08. The molecule has 0 bridgehead atoms. The summed E-state index contributed by atoms with van der Waals surface area (Å²) >= 11 is 5.94. The highest BCUT2D eigenvalue weighted by molar-refractivity contribution is 6.30. The first-order valence-electron chi connectivity index (χ1n) is 11.3. The van der Waals surface area contributed by atoms with Crippen molar-refractivity contribution in [3.8, 4) is 11.5 Å². The topological polar surface area (TPSA) is 65.4 Å². The van der Waals surface area contributed by atoms with Gasteiger partial charge in [0.1, 0.15) is 17.3 Å². The first-order chi connectivity index (χ1) is 16.5. The summed E-state index contributed by atoms with van der Waals surface area (Å²) in [4.78, 5) is 17.5. The predicted molar refractivity (Wildman–Crippen MR) is 135 cm³/mol. The van der Waals surface area contributed by atoms with E-state index in [4.69, 9.17) is 26.1 Å². The molecule has 1 amide bonds. The summed E-state index contributed by atoms with van der Waals surface area (Å²) in [5.74, 6) is 2.31. The van der Waals surface area contributed by atoms with Crippen molar-refractivity contribution in [1.82, 2.24) is 14.9 Å². The number of nitrogens with one attached hydrogen (secondary N) is 1. The molecule has 1 N–H and O–H groups in total. The summed E-state index contributed by atoms with van der Waals surface area (Å²) in [7, 11) is 1.64. The Morgan fingerprint density at radius 1 is 1.06 bits per heavy atom. The zero-order chi connectivity index (χ0) is 23.9. The maximum atomic E-state index is 12.7. The number of amides is 1. The Labute approximate surface area is 204 Å². The minimum Gasteiger partial charge on any atom is -0.497 e. The lowest BCUT2D eigenvalue weighted by molar-refractivity contribution is -0.121. The number of carbonyl (C=O) groups excluding carboxylic acids is 1. The molecular weight excluding hydrogens is 450 g/mol. The average molecular weight is 478 g/mol. The van der Waals surface area contributed by atoms with Crippen LogP contribution in [0.2, 0.25) is 5.02 Å². The third-order valence-electron chi connectivity index (χ3n) is 5.56. The highest BCUT2D eigenvalue weighted by atomic mass is 35.5. The van der Waals surface area contributed by atoms with E-state index >= 15 is 0 Å². The molecule has 7 heteroatoms. The fourth-order valence-electron chi connectivity index (χ4n) is 3.91. The van der Waals surface area contributed by atoms with Gasteiger partial charge in [-0.15, -0.1) is 0 Å². The molecule has 4 aromatic rings. The van der Waals surface area contributed by atoms with Crippen molar-refractivity contribution in [2.75, 3.05) is 13.7 Å². The van der Waals surface area contributed by atoms with Gasteiger partial charge >= 0.3 is 0 Å². The average Bonchev–Trinajstić information content (AvgIpc) is 3.22. The van der Waals surface area contributed by atoms with Crippen LogP contribution in [0.25, 0.3) is 11.0 Å². The standard InChI is InChI=1S/C27H28ClN3O3/c1-19(29-26(32)17-20-11-13-21(28)14-12-20)27-30-24-9-3-4-10-25(24)31(27)15-6-16-34-23-8-5-7-22(18-23)33-2/h3-5,7-14,18-19H,6,15-17H2,1-2H3,(H,29,32). The Morgan fingerprint density at radius 3 is 2.62 bits per heavy atom. The SMILES string of the molecule is COc1cccc(OCCCn2c(C(C)NC(=O)Cc3ccc(Cl)cc3)nc3ccccc32)c1. The van der Waals surface area contributed by atoms with Crippen LogP contribution in [0.1, 0.15) is 30.8 Å². The van der Waals surface area contributed by atoms with Gasteiger partial charge in [-0.1, -0.05) is 41.9 Å². The van der Waals surface area contributed by atoms with E-state index in [0.29, 0.717) is 11.6 Å². The van der Waals surface area contributed by atoms with Gasteiger partial charge in [0, 0.05) is 17.6 Å². The van der Waals surface area contributed by atoms with Crippen LogP contribution in [-0.2, 0) is 17.8 Å². The van der Waals surface area contributed by atoms with E-state index in [9.17, 15) is 4.79 Å². The summed E-state index contributed by atoms with van der Waals surface area (Å²) in [5.41, 5.74) is 2.86. The predicted octanol–water partition coefficient (Wildman–Crippen LogP) is 5.59. The molecule has 4 rings (SSSR count). The smallest absolute Gasteiger partial charge is 0.224 e. The molecule has 0 aliphatic heterocycles. The molecule has 3 aromatic carbocycles. The van der Waals surface area contributed by atoms with E-state index < -0.39 is 0 Å². The van der Waals surface area contributed by atoms with Crippen LogP contribution in [-0.4, -0.2) is 29.2 Å². The number of aromatic nitrogens is 2. The second-order valence-corrected chi connectivity index (χ2v) is 8.52. The largest absolute Gasteiger partial charge is 0.497 e. The monoisotopic (exact) mass is 477 g/mol. The number of para-hydroxylation sites is 2. The maximum absolute atomic E-state index is 12.7. The zero-order valence-electron chi connectivity index (χ0n) is 19.3. The van der Waals surface area contributed by atoms with Crippen molar-refractivity contribution in [3.05, 3.63) is 89.2 Å². The van der Waals surface area contributed by atoms with E-state index in [2.05, 4.69) is 16.0 Å². The highest BCUT2D eigenvalue weighted by Crippen LogP contribution is 2.23. The number of benzene rings is 3. The molecule has 0 aliphatic carbocycles. The van der Waals surface area contributed by atoms with Gasteiger partial charge in [-0.3, -0.25) is 4.79 Å². The van der Waals surface area contributed by atoms with Crippen molar-refractivity contribution >= 4 is 28.5 Å². The number of nitrogens with zero attached hydrogens (tertiary/aromatic N) is 2. The highest BCUT2D eigenvalue weighted by Gasteiger charge is 2.18. The molecule has 1 unspecified atom stereocenters. The van der Waals surface area contributed by atoms with E-state index in [1.54, 1.807) is 19.2 Å². The lowest BCUT2D eigenvalue weighted by Gasteiger charge is -2.17. The Bertz CT molecular complexity index is 1250. The molecule has 176 valence electrons. The normalized spacial score (nSPS) is 11.9. The lowest BCUT2D eigenvalue weighted by Crippen LogP contribution is -2.30. The zero-order valence-corrected chi connectivity index (χ0v) is 20.1. The van der Waals surface area contributed by atoms with Crippen molar-refractivity contribution in [3.63, 3.8) is 0 Å². The molecule has 1 heterocycles. The third kappa shape index (κ3) is 5.88. The Morgan fingerprint density at radius 2 is 1.82 bits per heavy atom. The van der Waals surface area contributed by atoms with Crippen molar-refractivity contribution in [2.45, 2.75) is 32.4 Å². The number of carbonyl (C=O) groups is 1. The molecule has 0 radical (unpaired) electrons. The number of methoxy groups -OCH3 is 1. The fourth-order valence-corrected chi connectivity index (χ4v) is 4.03. The molecule has 0 fully saturated rings. The number of rotatable bonds is 10. The quantitative estimate of drug-likeness (QED) is 0.302. The van der Waals surface area contributed by atoms with Gasteiger partial charge in [0.15, 0.2) is 0 Å². The van der Waals surface area contributed by atoms with E-state index in [1.165, 1.54) is 0 Å². The molecule has 1 aromatic heterocycles. The van der Waals surface area contributed by atoms with Gasteiger partial charge in [0.05, 0.1) is 37.2 Å². The van der Waals surface area contributed by atoms with Crippen LogP contribution >= 0.6 is 11.6 Å². The lowest BCUT2D eigenvalue weighted by atomic mass is 10.1. The van der Waals surface area contributed by atoms with Crippen LogP contribution in [0.3, 0.4) is 0 Å². The minimum atomic E-state index is -0.244. The van der Waals surface area contributed by atoms with E-state index in [0.717, 1.165) is 46.9 Å².